The van der Waals surface area contributed by atoms with E-state index in [1.807, 2.05) is 0 Å². The third-order valence-corrected chi connectivity index (χ3v) is 4.17. The number of nitrogens with one attached hydrogen (secondary N) is 3. The van der Waals surface area contributed by atoms with Crippen molar-refractivity contribution in [3.63, 3.8) is 0 Å². The van der Waals surface area contributed by atoms with E-state index < -0.39 is 11.8 Å². The molecule has 9 heteroatoms. The molecule has 0 fully saturated rings. The van der Waals surface area contributed by atoms with E-state index >= 15 is 0 Å². The molecule has 3 rings (SSSR count). The lowest BCUT2D eigenvalue weighted by molar-refractivity contribution is -0.122. The fraction of sp³-hybridized carbons (Fsp3) is 0.158. The molecule has 28 heavy (non-hydrogen) atoms. The maximum Gasteiger partial charge on any atom is 0.269 e. The largest absolute Gasteiger partial charge is 0.309 e. The summed E-state index contributed by atoms with van der Waals surface area (Å²) in [6.45, 7) is 0.260. The van der Waals surface area contributed by atoms with Crippen molar-refractivity contribution in [2.24, 2.45) is 0 Å². The summed E-state index contributed by atoms with van der Waals surface area (Å²) in [6.07, 6.45) is 0. The molecule has 3 aromatic rings. The minimum atomic E-state index is -0.451. The van der Waals surface area contributed by atoms with Crippen LogP contribution in [0.25, 0.3) is 10.9 Å². The molecule has 8 nitrogen and oxygen atoms in total. The molecule has 0 saturated carbocycles. The van der Waals surface area contributed by atoms with E-state index in [-0.39, 0.29) is 18.6 Å². The van der Waals surface area contributed by atoms with Crippen LogP contribution >= 0.6 is 11.6 Å². The van der Waals surface area contributed by atoms with E-state index in [1.165, 1.54) is 0 Å². The van der Waals surface area contributed by atoms with Crippen molar-refractivity contribution >= 4 is 34.3 Å². The van der Waals surface area contributed by atoms with Gasteiger partial charge in [0.2, 0.25) is 0 Å². The Bertz CT molecular complexity index is 1070. The van der Waals surface area contributed by atoms with Gasteiger partial charge in [0.15, 0.2) is 0 Å². The predicted molar refractivity (Wildman–Crippen MR) is 106 cm³/mol. The van der Waals surface area contributed by atoms with E-state index in [0.717, 1.165) is 0 Å². The number of likely N-dealkylation sites (N-methyl/N-ethyl adjacent to an activating group) is 1. The van der Waals surface area contributed by atoms with Crippen molar-refractivity contribution in [2.45, 2.75) is 6.54 Å². The number of benzene rings is 2. The average Bonchev–Trinajstić information content (AvgIpc) is 2.66. The number of para-hydroxylation sites is 1. The number of H-pyrrole nitrogens is 1. The van der Waals surface area contributed by atoms with Gasteiger partial charge < -0.3 is 4.98 Å². The van der Waals surface area contributed by atoms with Gasteiger partial charge in [-0.2, -0.15) is 0 Å². The molecule has 2 aromatic carbocycles. The maximum absolute atomic E-state index is 12.1. The Kier molecular flexibility index (Phi) is 6.03. The van der Waals surface area contributed by atoms with Crippen LogP contribution in [-0.4, -0.2) is 40.3 Å². The minimum absolute atomic E-state index is 0.00254. The zero-order chi connectivity index (χ0) is 20.1. The van der Waals surface area contributed by atoms with Gasteiger partial charge in [0.1, 0.15) is 5.82 Å². The number of nitrogens with zero attached hydrogens (tertiary/aromatic N) is 2. The number of hydrogen-bond donors (Lipinski definition) is 3. The van der Waals surface area contributed by atoms with Crippen LogP contribution in [0.15, 0.2) is 53.3 Å². The van der Waals surface area contributed by atoms with Crippen molar-refractivity contribution in [1.82, 2.24) is 25.7 Å². The molecule has 2 amide bonds. The maximum atomic E-state index is 12.1. The Morgan fingerprint density at radius 3 is 2.57 bits per heavy atom. The molecule has 0 unspecified atom stereocenters. The number of amides is 2. The second kappa shape index (κ2) is 8.64. The second-order valence-electron chi connectivity index (χ2n) is 6.21. The first kappa shape index (κ1) is 19.5. The van der Waals surface area contributed by atoms with Crippen LogP contribution in [0.3, 0.4) is 0 Å². The summed E-state index contributed by atoms with van der Waals surface area (Å²) in [5.74, 6) is -0.412. The van der Waals surface area contributed by atoms with Crippen molar-refractivity contribution in [3.05, 3.63) is 75.3 Å². The second-order valence-corrected chi connectivity index (χ2v) is 6.65. The number of hydrazine groups is 1. The molecule has 0 radical (unpaired) electrons. The Morgan fingerprint density at radius 1 is 1.11 bits per heavy atom. The summed E-state index contributed by atoms with van der Waals surface area (Å²) in [4.78, 5) is 44.9. The van der Waals surface area contributed by atoms with E-state index in [1.54, 1.807) is 60.5 Å². The fourth-order valence-corrected chi connectivity index (χ4v) is 2.73. The number of halogens is 1. The highest BCUT2D eigenvalue weighted by Crippen LogP contribution is 2.09. The first-order valence-electron chi connectivity index (χ1n) is 8.43. The highest BCUT2D eigenvalue weighted by Gasteiger charge is 2.11. The number of aromatic nitrogens is 2. The lowest BCUT2D eigenvalue weighted by atomic mass is 10.2. The molecule has 0 aliphatic carbocycles. The first-order valence-corrected chi connectivity index (χ1v) is 8.81. The number of hydrogen-bond acceptors (Lipinski definition) is 5. The SMILES string of the molecule is CN(CC(=O)NNC(=O)c1ccc(Cl)cc1)Cc1nc2ccccc2c(=O)[nH]1. The zero-order valence-corrected chi connectivity index (χ0v) is 15.8. The monoisotopic (exact) mass is 399 g/mol. The van der Waals surface area contributed by atoms with Gasteiger partial charge in [-0.25, -0.2) is 4.98 Å². The van der Waals surface area contributed by atoms with Crippen molar-refractivity contribution in [1.29, 1.82) is 0 Å². The van der Waals surface area contributed by atoms with Crippen LogP contribution in [0.5, 0.6) is 0 Å². The summed E-state index contributed by atoms with van der Waals surface area (Å²) < 4.78 is 0. The summed E-state index contributed by atoms with van der Waals surface area (Å²) in [5.41, 5.74) is 5.42. The van der Waals surface area contributed by atoms with Crippen LogP contribution in [0, 0.1) is 0 Å². The first-order chi connectivity index (χ1) is 13.4. The van der Waals surface area contributed by atoms with Crippen LogP contribution in [-0.2, 0) is 11.3 Å². The highest BCUT2D eigenvalue weighted by molar-refractivity contribution is 6.30. The molecule has 0 bridgehead atoms. The molecule has 1 heterocycles. The Labute approximate surface area is 165 Å². The normalized spacial score (nSPS) is 10.8. The molecule has 144 valence electrons. The lowest BCUT2D eigenvalue weighted by Crippen LogP contribution is -2.45. The predicted octanol–water partition coefficient (Wildman–Crippen LogP) is 1.47. The third kappa shape index (κ3) is 4.93. The molecule has 0 atom stereocenters. The standard InChI is InChI=1S/C19H18ClN5O3/c1-25(10-16-21-15-5-3-2-4-14(15)19(28)22-16)11-17(26)23-24-18(27)12-6-8-13(20)9-7-12/h2-9H,10-11H2,1H3,(H,23,26)(H,24,27)(H,21,22,28). The molecular formula is C19H18ClN5O3. The molecule has 0 aliphatic rings. The van der Waals surface area contributed by atoms with Crippen LogP contribution in [0.1, 0.15) is 16.2 Å². The number of carbonyl (C=O) groups is 2. The summed E-state index contributed by atoms with van der Waals surface area (Å²) in [6, 6.07) is 13.3. The summed E-state index contributed by atoms with van der Waals surface area (Å²) in [7, 11) is 1.70. The van der Waals surface area contributed by atoms with Crippen molar-refractivity contribution in [2.75, 3.05) is 13.6 Å². The quantitative estimate of drug-likeness (QED) is 0.563. The van der Waals surface area contributed by atoms with Gasteiger partial charge in [0.05, 0.1) is 24.0 Å². The van der Waals surface area contributed by atoms with Crippen molar-refractivity contribution < 1.29 is 9.59 Å². The fourth-order valence-electron chi connectivity index (χ4n) is 2.61. The van der Waals surface area contributed by atoms with Crippen LogP contribution < -0.4 is 16.4 Å². The summed E-state index contributed by atoms with van der Waals surface area (Å²) in [5, 5.41) is 1.03. The molecule has 0 aliphatic heterocycles. The Hall–Kier alpha value is -3.23. The van der Waals surface area contributed by atoms with Gasteiger partial charge in [0.25, 0.3) is 17.4 Å². The summed E-state index contributed by atoms with van der Waals surface area (Å²) >= 11 is 5.78. The molecule has 0 spiro atoms. The van der Waals surface area contributed by atoms with E-state index in [2.05, 4.69) is 20.8 Å². The number of aromatic amines is 1. The number of rotatable bonds is 5. The number of carbonyl (C=O) groups excluding carboxylic acids is 2. The van der Waals surface area contributed by atoms with Gasteiger partial charge in [-0.15, -0.1) is 0 Å². The van der Waals surface area contributed by atoms with E-state index in [4.69, 9.17) is 11.6 Å². The molecule has 0 saturated heterocycles. The van der Waals surface area contributed by atoms with E-state index in [0.29, 0.717) is 27.3 Å². The van der Waals surface area contributed by atoms with Crippen molar-refractivity contribution in [3.8, 4) is 0 Å². The zero-order valence-electron chi connectivity index (χ0n) is 15.0. The lowest BCUT2D eigenvalue weighted by Gasteiger charge is -2.16. The van der Waals surface area contributed by atoms with Crippen LogP contribution in [0.2, 0.25) is 5.02 Å². The van der Waals surface area contributed by atoms with Gasteiger partial charge in [0, 0.05) is 10.6 Å². The third-order valence-electron chi connectivity index (χ3n) is 3.92. The topological polar surface area (TPSA) is 107 Å². The van der Waals surface area contributed by atoms with Gasteiger partial charge in [-0.05, 0) is 43.4 Å². The smallest absolute Gasteiger partial charge is 0.269 e. The molecular weight excluding hydrogens is 382 g/mol. The average molecular weight is 400 g/mol. The van der Waals surface area contributed by atoms with Gasteiger partial charge in [-0.1, -0.05) is 23.7 Å². The van der Waals surface area contributed by atoms with Gasteiger partial charge in [-0.3, -0.25) is 30.1 Å². The van der Waals surface area contributed by atoms with E-state index in [9.17, 15) is 14.4 Å². The Balaban J connectivity index is 1.53. The van der Waals surface area contributed by atoms with Gasteiger partial charge >= 0.3 is 0 Å². The molecule has 1 aromatic heterocycles. The Morgan fingerprint density at radius 2 is 1.82 bits per heavy atom. The molecule has 3 N–H and O–H groups in total. The number of fused-ring (bicyclic) bond motifs is 1. The van der Waals surface area contributed by atoms with Crippen LogP contribution in [0.4, 0.5) is 0 Å². The highest BCUT2D eigenvalue weighted by atomic mass is 35.5. The minimum Gasteiger partial charge on any atom is -0.309 e.